The molecule has 0 amide bonds. The number of unbranched alkanes of at least 4 members (excludes halogenated alkanes) is 9. The van der Waals surface area contributed by atoms with Crippen molar-refractivity contribution < 1.29 is 4.92 Å². The molecule has 0 radical (unpaired) electrons. The molecule has 0 saturated carbocycles. The molecule has 0 atom stereocenters. The second-order valence-corrected chi connectivity index (χ2v) is 6.14. The summed E-state index contributed by atoms with van der Waals surface area (Å²) in [5.74, 6) is 0. The summed E-state index contributed by atoms with van der Waals surface area (Å²) in [5.41, 5.74) is 1.18. The van der Waals surface area contributed by atoms with Gasteiger partial charge in [-0.2, -0.15) is 5.26 Å². The molecule has 0 bridgehead atoms. The average Bonchev–Trinajstić information content (AvgIpc) is 2.56. The van der Waals surface area contributed by atoms with Gasteiger partial charge in [0.25, 0.3) is 5.69 Å². The number of benzene rings is 1. The molecular weight excluding hydrogens is 288 g/mol. The number of aryl methyl sites for hydroxylation is 1. The first-order chi connectivity index (χ1) is 11.2. The van der Waals surface area contributed by atoms with E-state index in [1.54, 1.807) is 12.1 Å². The summed E-state index contributed by atoms with van der Waals surface area (Å²) in [5, 5.41) is 19.9. The van der Waals surface area contributed by atoms with Crippen LogP contribution in [0.2, 0.25) is 0 Å². The fraction of sp³-hybridized carbons (Fsp3) is 0.632. The van der Waals surface area contributed by atoms with Crippen LogP contribution in [0.5, 0.6) is 0 Å². The first-order valence-corrected chi connectivity index (χ1v) is 8.86. The molecule has 126 valence electrons. The third kappa shape index (κ3) is 7.78. The Labute approximate surface area is 139 Å². The van der Waals surface area contributed by atoms with E-state index in [9.17, 15) is 10.1 Å². The van der Waals surface area contributed by atoms with E-state index in [2.05, 4.69) is 6.92 Å². The van der Waals surface area contributed by atoms with Crippen molar-refractivity contribution in [3.8, 4) is 6.07 Å². The van der Waals surface area contributed by atoms with Crippen molar-refractivity contribution in [1.82, 2.24) is 0 Å². The number of nitro benzene ring substituents is 1. The van der Waals surface area contributed by atoms with E-state index in [1.165, 1.54) is 57.4 Å². The lowest BCUT2D eigenvalue weighted by atomic mass is 10.0. The Morgan fingerprint density at radius 2 is 1.57 bits per heavy atom. The maximum absolute atomic E-state index is 11.1. The third-order valence-electron chi connectivity index (χ3n) is 4.21. The molecule has 4 nitrogen and oxygen atoms in total. The maximum Gasteiger partial charge on any atom is 0.273 e. The smallest absolute Gasteiger partial charge is 0.258 e. The minimum atomic E-state index is -0.382. The van der Waals surface area contributed by atoms with E-state index in [-0.39, 0.29) is 10.6 Å². The van der Waals surface area contributed by atoms with Crippen LogP contribution in [-0.2, 0) is 6.42 Å². The molecule has 1 aromatic carbocycles. The third-order valence-corrected chi connectivity index (χ3v) is 4.21. The lowest BCUT2D eigenvalue weighted by Gasteiger charge is -2.04. The van der Waals surface area contributed by atoms with Gasteiger partial charge in [0.1, 0.15) is 0 Å². The Hall–Kier alpha value is -1.89. The summed E-state index contributed by atoms with van der Waals surface area (Å²) in [6.07, 6.45) is 13.3. The van der Waals surface area contributed by atoms with Gasteiger partial charge in [0.05, 0.1) is 16.6 Å². The van der Waals surface area contributed by atoms with Crippen LogP contribution in [0.1, 0.15) is 82.3 Å². The fourth-order valence-electron chi connectivity index (χ4n) is 2.82. The molecule has 0 spiro atoms. The van der Waals surface area contributed by atoms with E-state index in [1.807, 2.05) is 6.07 Å². The van der Waals surface area contributed by atoms with Crippen LogP contribution < -0.4 is 0 Å². The molecule has 0 N–H and O–H groups in total. The summed E-state index contributed by atoms with van der Waals surface area (Å²) in [6.45, 7) is 2.23. The highest BCUT2D eigenvalue weighted by atomic mass is 16.6. The monoisotopic (exact) mass is 316 g/mol. The van der Waals surface area contributed by atoms with Crippen LogP contribution in [0.4, 0.5) is 5.69 Å². The molecule has 23 heavy (non-hydrogen) atoms. The average molecular weight is 316 g/mol. The van der Waals surface area contributed by atoms with Crippen molar-refractivity contribution in [3.05, 3.63) is 39.4 Å². The summed E-state index contributed by atoms with van der Waals surface area (Å²) in [7, 11) is 0. The molecule has 0 aliphatic rings. The second kappa shape index (κ2) is 11.6. The predicted octanol–water partition coefficient (Wildman–Crippen LogP) is 5.93. The Morgan fingerprint density at radius 3 is 2.09 bits per heavy atom. The van der Waals surface area contributed by atoms with Crippen molar-refractivity contribution in [2.75, 3.05) is 0 Å². The molecule has 0 aliphatic heterocycles. The highest BCUT2D eigenvalue weighted by Gasteiger charge is 2.13. The van der Waals surface area contributed by atoms with Crippen molar-refractivity contribution >= 4 is 5.69 Å². The standard InChI is InChI=1S/C19H28N2O2/c1-2-3-4-5-6-7-8-9-10-11-12-18-14-13-17(16-20)15-19(18)21(22)23/h13-15H,2-12H2,1H3. The van der Waals surface area contributed by atoms with Gasteiger partial charge < -0.3 is 0 Å². The Morgan fingerprint density at radius 1 is 1.00 bits per heavy atom. The van der Waals surface area contributed by atoms with Crippen molar-refractivity contribution in [2.45, 2.75) is 77.6 Å². The van der Waals surface area contributed by atoms with Crippen LogP contribution in [0.25, 0.3) is 0 Å². The number of nitriles is 1. The summed E-state index contributed by atoms with van der Waals surface area (Å²) >= 11 is 0. The van der Waals surface area contributed by atoms with Crippen LogP contribution in [0, 0.1) is 21.4 Å². The van der Waals surface area contributed by atoms with E-state index in [0.29, 0.717) is 5.56 Å². The SMILES string of the molecule is CCCCCCCCCCCCc1ccc(C#N)cc1[N+](=O)[O-]. The first-order valence-electron chi connectivity index (χ1n) is 8.86. The Bertz CT molecular complexity index is 521. The molecular formula is C19H28N2O2. The summed E-state index contributed by atoms with van der Waals surface area (Å²) in [6, 6.07) is 6.73. The lowest BCUT2D eigenvalue weighted by molar-refractivity contribution is -0.385. The zero-order valence-corrected chi connectivity index (χ0v) is 14.2. The molecule has 0 saturated heterocycles. The largest absolute Gasteiger partial charge is 0.273 e. The van der Waals surface area contributed by atoms with Gasteiger partial charge >= 0.3 is 0 Å². The molecule has 1 rings (SSSR count). The van der Waals surface area contributed by atoms with Gasteiger partial charge in [0, 0.05) is 11.6 Å². The predicted molar refractivity (Wildman–Crippen MR) is 93.4 cm³/mol. The lowest BCUT2D eigenvalue weighted by Crippen LogP contribution is -1.97. The zero-order chi connectivity index (χ0) is 16.9. The molecule has 0 unspecified atom stereocenters. The molecule has 0 fully saturated rings. The van der Waals surface area contributed by atoms with E-state index < -0.39 is 0 Å². The number of nitro groups is 1. The van der Waals surface area contributed by atoms with Crippen molar-refractivity contribution in [2.24, 2.45) is 0 Å². The molecule has 0 aliphatic carbocycles. The van der Waals surface area contributed by atoms with Crippen LogP contribution in [0.3, 0.4) is 0 Å². The van der Waals surface area contributed by atoms with Gasteiger partial charge in [0.15, 0.2) is 0 Å². The maximum atomic E-state index is 11.1. The van der Waals surface area contributed by atoms with Gasteiger partial charge in [-0.15, -0.1) is 0 Å². The number of rotatable bonds is 12. The summed E-state index contributed by atoms with van der Waals surface area (Å²) < 4.78 is 0. The van der Waals surface area contributed by atoms with Gasteiger partial charge in [-0.25, -0.2) is 0 Å². The van der Waals surface area contributed by atoms with Gasteiger partial charge in [-0.3, -0.25) is 10.1 Å². The number of hydrogen-bond acceptors (Lipinski definition) is 3. The minimum absolute atomic E-state index is 0.0833. The Kier molecular flexibility index (Phi) is 9.70. The number of nitrogens with zero attached hydrogens (tertiary/aromatic N) is 2. The molecule has 4 heteroatoms. The molecule has 0 heterocycles. The van der Waals surface area contributed by atoms with Crippen LogP contribution in [0.15, 0.2) is 18.2 Å². The highest BCUT2D eigenvalue weighted by Crippen LogP contribution is 2.22. The van der Waals surface area contributed by atoms with Crippen molar-refractivity contribution in [3.63, 3.8) is 0 Å². The quantitative estimate of drug-likeness (QED) is 0.272. The molecule has 0 aromatic heterocycles. The summed E-state index contributed by atoms with van der Waals surface area (Å²) in [4.78, 5) is 10.7. The fourth-order valence-corrected chi connectivity index (χ4v) is 2.82. The zero-order valence-electron chi connectivity index (χ0n) is 14.2. The Balaban J connectivity index is 2.21. The van der Waals surface area contributed by atoms with Crippen molar-refractivity contribution in [1.29, 1.82) is 5.26 Å². The van der Waals surface area contributed by atoms with Crippen LogP contribution in [-0.4, -0.2) is 4.92 Å². The normalized spacial score (nSPS) is 10.4. The minimum Gasteiger partial charge on any atom is -0.258 e. The van der Waals surface area contributed by atoms with E-state index in [0.717, 1.165) is 24.8 Å². The first kappa shape index (κ1) is 19.2. The molecule has 1 aromatic rings. The van der Waals surface area contributed by atoms with Gasteiger partial charge in [-0.05, 0) is 18.9 Å². The van der Waals surface area contributed by atoms with E-state index in [4.69, 9.17) is 5.26 Å². The van der Waals surface area contributed by atoms with Crippen LogP contribution >= 0.6 is 0 Å². The number of hydrogen-bond donors (Lipinski definition) is 0. The van der Waals surface area contributed by atoms with E-state index >= 15 is 0 Å². The van der Waals surface area contributed by atoms with Gasteiger partial charge in [-0.1, -0.05) is 70.8 Å². The highest BCUT2D eigenvalue weighted by molar-refractivity contribution is 5.47. The topological polar surface area (TPSA) is 66.9 Å². The van der Waals surface area contributed by atoms with Gasteiger partial charge in [0.2, 0.25) is 0 Å². The second-order valence-electron chi connectivity index (χ2n) is 6.14.